The highest BCUT2D eigenvalue weighted by Gasteiger charge is 2.33. The van der Waals surface area contributed by atoms with E-state index >= 15 is 0 Å². The number of hydrogen-bond donors (Lipinski definition) is 2. The molecule has 1 aliphatic rings. The van der Waals surface area contributed by atoms with Crippen LogP contribution in [0.4, 0.5) is 0 Å². The highest BCUT2D eigenvalue weighted by atomic mass is 32.2. The van der Waals surface area contributed by atoms with Crippen molar-refractivity contribution in [3.05, 3.63) is 35.4 Å². The molecule has 1 amide bonds. The minimum atomic E-state index is -3.28. The maximum Gasteiger partial charge on any atom is 0.328 e. The summed E-state index contributed by atoms with van der Waals surface area (Å²) in [5.41, 5.74) is 1.06. The van der Waals surface area contributed by atoms with Crippen LogP contribution >= 0.6 is 0 Å². The number of carboxylic acids is 1. The van der Waals surface area contributed by atoms with Crippen LogP contribution < -0.4 is 4.72 Å². The number of nitrogens with zero attached hydrogens (tertiary/aromatic N) is 1. The molecule has 24 heavy (non-hydrogen) atoms. The van der Waals surface area contributed by atoms with E-state index in [2.05, 4.69) is 4.72 Å². The number of carbonyl (C=O) groups excluding carboxylic acids is 1. The van der Waals surface area contributed by atoms with Crippen LogP contribution in [0, 0.1) is 0 Å². The minimum absolute atomic E-state index is 0.00280. The molecule has 1 atom stereocenters. The van der Waals surface area contributed by atoms with E-state index in [0.717, 1.165) is 0 Å². The van der Waals surface area contributed by atoms with E-state index in [0.29, 0.717) is 17.7 Å². The van der Waals surface area contributed by atoms with Crippen molar-refractivity contribution in [1.82, 2.24) is 9.62 Å². The van der Waals surface area contributed by atoms with Gasteiger partial charge < -0.3 is 14.7 Å². The lowest BCUT2D eigenvalue weighted by molar-refractivity contribution is -0.147. The van der Waals surface area contributed by atoms with E-state index in [1.54, 1.807) is 31.2 Å². The van der Waals surface area contributed by atoms with Gasteiger partial charge in [-0.05, 0) is 24.6 Å². The van der Waals surface area contributed by atoms with E-state index in [9.17, 15) is 23.1 Å². The molecule has 1 aromatic rings. The Morgan fingerprint density at radius 1 is 1.33 bits per heavy atom. The monoisotopic (exact) mass is 356 g/mol. The number of amides is 1. The number of ether oxygens (including phenoxy) is 1. The number of morpholine rings is 1. The smallest absolute Gasteiger partial charge is 0.328 e. The predicted molar refractivity (Wildman–Crippen MR) is 86.0 cm³/mol. The lowest BCUT2D eigenvalue weighted by Crippen LogP contribution is -2.52. The molecular formula is C15H20N2O6S. The van der Waals surface area contributed by atoms with Crippen LogP contribution in [0.25, 0.3) is 0 Å². The summed E-state index contributed by atoms with van der Waals surface area (Å²) in [7, 11) is -3.28. The predicted octanol–water partition coefficient (Wildman–Crippen LogP) is 0.0515. The number of carbonyl (C=O) groups is 2. The van der Waals surface area contributed by atoms with E-state index in [4.69, 9.17) is 4.74 Å². The highest BCUT2D eigenvalue weighted by Crippen LogP contribution is 2.14. The number of aliphatic carboxylic acids is 1. The van der Waals surface area contributed by atoms with Gasteiger partial charge in [-0.2, -0.15) is 0 Å². The van der Waals surface area contributed by atoms with Gasteiger partial charge in [0.25, 0.3) is 5.91 Å². The Morgan fingerprint density at radius 3 is 2.58 bits per heavy atom. The molecule has 0 saturated carbocycles. The van der Waals surface area contributed by atoms with Gasteiger partial charge in [-0.3, -0.25) is 4.79 Å². The number of sulfonamides is 1. The minimum Gasteiger partial charge on any atom is -0.480 e. The molecule has 2 rings (SSSR count). The van der Waals surface area contributed by atoms with Crippen LogP contribution in [0.15, 0.2) is 24.3 Å². The van der Waals surface area contributed by atoms with Gasteiger partial charge >= 0.3 is 5.97 Å². The van der Waals surface area contributed by atoms with Gasteiger partial charge in [-0.15, -0.1) is 0 Å². The average Bonchev–Trinajstić information content (AvgIpc) is 2.60. The van der Waals surface area contributed by atoms with Gasteiger partial charge in [0.2, 0.25) is 10.0 Å². The van der Waals surface area contributed by atoms with Crippen LogP contribution in [-0.2, 0) is 26.1 Å². The third-order valence-electron chi connectivity index (χ3n) is 3.75. The second kappa shape index (κ2) is 7.73. The van der Waals surface area contributed by atoms with Gasteiger partial charge in [-0.1, -0.05) is 12.1 Å². The molecule has 0 radical (unpaired) electrons. The molecule has 0 aliphatic carbocycles. The van der Waals surface area contributed by atoms with Crippen molar-refractivity contribution in [2.24, 2.45) is 0 Å². The molecule has 8 nitrogen and oxygen atoms in total. The molecule has 132 valence electrons. The van der Waals surface area contributed by atoms with Crippen LogP contribution in [0.2, 0.25) is 0 Å². The van der Waals surface area contributed by atoms with Crippen molar-refractivity contribution in [1.29, 1.82) is 0 Å². The van der Waals surface area contributed by atoms with Gasteiger partial charge in [0.15, 0.2) is 6.04 Å². The van der Waals surface area contributed by atoms with Gasteiger partial charge in [0, 0.05) is 18.7 Å². The first-order valence-electron chi connectivity index (χ1n) is 7.52. The second-order valence-electron chi connectivity index (χ2n) is 5.35. The van der Waals surface area contributed by atoms with Crippen molar-refractivity contribution in [2.45, 2.75) is 19.5 Å². The van der Waals surface area contributed by atoms with Crippen molar-refractivity contribution >= 4 is 21.9 Å². The molecule has 0 spiro atoms. The fourth-order valence-corrected chi connectivity index (χ4v) is 2.87. The Morgan fingerprint density at radius 2 is 2.00 bits per heavy atom. The summed E-state index contributed by atoms with van der Waals surface area (Å²) in [5, 5.41) is 9.18. The highest BCUT2D eigenvalue weighted by molar-refractivity contribution is 7.89. The number of benzene rings is 1. The summed E-state index contributed by atoms with van der Waals surface area (Å²) in [6.07, 6.45) is 0. The van der Waals surface area contributed by atoms with Crippen molar-refractivity contribution in [2.75, 3.05) is 25.5 Å². The number of nitrogens with one attached hydrogen (secondary N) is 1. The molecule has 1 fully saturated rings. The third-order valence-corrected chi connectivity index (χ3v) is 5.10. The number of rotatable bonds is 6. The molecule has 0 aromatic heterocycles. The summed E-state index contributed by atoms with van der Waals surface area (Å²) >= 11 is 0. The third kappa shape index (κ3) is 4.53. The Bertz CT molecular complexity index is 701. The van der Waals surface area contributed by atoms with Crippen LogP contribution in [-0.4, -0.2) is 61.9 Å². The molecule has 2 N–H and O–H groups in total. The first-order valence-corrected chi connectivity index (χ1v) is 9.17. The Kier molecular flexibility index (Phi) is 5.92. The molecule has 0 bridgehead atoms. The second-order valence-corrected chi connectivity index (χ2v) is 7.44. The topological polar surface area (TPSA) is 113 Å². The molecule has 9 heteroatoms. The zero-order valence-electron chi connectivity index (χ0n) is 13.3. The van der Waals surface area contributed by atoms with E-state index in [1.165, 1.54) is 4.90 Å². The molecule has 1 aliphatic heterocycles. The first kappa shape index (κ1) is 18.4. The SMILES string of the molecule is CCS(=O)(=O)NCc1ccc(C(=O)N2CCOCC2C(=O)O)cc1. The summed E-state index contributed by atoms with van der Waals surface area (Å²) < 4.78 is 30.4. The van der Waals surface area contributed by atoms with Crippen molar-refractivity contribution in [3.63, 3.8) is 0 Å². The lowest BCUT2D eigenvalue weighted by atomic mass is 10.1. The molecule has 1 unspecified atom stereocenters. The maximum absolute atomic E-state index is 12.5. The van der Waals surface area contributed by atoms with Gasteiger partial charge in [0.1, 0.15) is 0 Å². The molecule has 1 saturated heterocycles. The number of hydrogen-bond acceptors (Lipinski definition) is 5. The van der Waals surface area contributed by atoms with Gasteiger partial charge in [0.05, 0.1) is 19.0 Å². The van der Waals surface area contributed by atoms with E-state index in [1.807, 2.05) is 0 Å². The summed E-state index contributed by atoms with van der Waals surface area (Å²) in [5.74, 6) is -1.49. The zero-order chi connectivity index (χ0) is 17.7. The first-order chi connectivity index (χ1) is 11.3. The fraction of sp³-hybridized carbons (Fsp3) is 0.467. The van der Waals surface area contributed by atoms with Crippen LogP contribution in [0.5, 0.6) is 0 Å². The molecular weight excluding hydrogens is 336 g/mol. The van der Waals surface area contributed by atoms with E-state index in [-0.39, 0.29) is 31.4 Å². The van der Waals surface area contributed by atoms with E-state index < -0.39 is 22.0 Å². The molecule has 1 aromatic carbocycles. The summed E-state index contributed by atoms with van der Waals surface area (Å²) in [4.78, 5) is 25.0. The van der Waals surface area contributed by atoms with Crippen LogP contribution in [0.3, 0.4) is 0 Å². The lowest BCUT2D eigenvalue weighted by Gasteiger charge is -2.32. The fourth-order valence-electron chi connectivity index (χ4n) is 2.28. The van der Waals surface area contributed by atoms with Crippen LogP contribution in [0.1, 0.15) is 22.8 Å². The summed E-state index contributed by atoms with van der Waals surface area (Å²) in [6.45, 7) is 2.17. The Hall–Kier alpha value is -1.97. The average molecular weight is 356 g/mol. The maximum atomic E-state index is 12.5. The largest absolute Gasteiger partial charge is 0.480 e. The van der Waals surface area contributed by atoms with Gasteiger partial charge in [-0.25, -0.2) is 17.9 Å². The molecule has 1 heterocycles. The standard InChI is InChI=1S/C15H20N2O6S/c1-2-24(21,22)16-9-11-3-5-12(6-4-11)14(18)17-7-8-23-10-13(17)15(19)20/h3-6,13,16H,2,7-10H2,1H3,(H,19,20). The Labute approximate surface area is 140 Å². The number of carboxylic acid groups (broad SMARTS) is 1. The quantitative estimate of drug-likeness (QED) is 0.745. The van der Waals surface area contributed by atoms with Crippen molar-refractivity contribution in [3.8, 4) is 0 Å². The normalized spacial score (nSPS) is 18.4. The zero-order valence-corrected chi connectivity index (χ0v) is 14.1. The summed E-state index contributed by atoms with van der Waals surface area (Å²) in [6, 6.07) is 5.41. The van der Waals surface area contributed by atoms with Crippen molar-refractivity contribution < 1.29 is 27.9 Å². The Balaban J connectivity index is 2.06.